The molecular formula is C12H15N. The van der Waals surface area contributed by atoms with E-state index in [0.717, 1.165) is 19.6 Å². The lowest BCUT2D eigenvalue weighted by molar-refractivity contribution is 0.345. The van der Waals surface area contributed by atoms with Crippen LogP contribution in [0.3, 0.4) is 0 Å². The van der Waals surface area contributed by atoms with Crippen LogP contribution in [-0.4, -0.2) is 18.0 Å². The van der Waals surface area contributed by atoms with Crippen LogP contribution >= 0.6 is 0 Å². The highest BCUT2D eigenvalue weighted by Crippen LogP contribution is 2.09. The fourth-order valence-corrected chi connectivity index (χ4v) is 1.72. The quantitative estimate of drug-likeness (QED) is 0.621. The third-order valence-corrected chi connectivity index (χ3v) is 2.38. The lowest BCUT2D eigenvalue weighted by Gasteiger charge is -2.14. The van der Waals surface area contributed by atoms with Crippen molar-refractivity contribution in [1.29, 1.82) is 0 Å². The lowest BCUT2D eigenvalue weighted by Crippen LogP contribution is -2.19. The molecule has 2 rings (SSSR count). The van der Waals surface area contributed by atoms with E-state index in [-0.39, 0.29) is 0 Å². The standard InChI is InChI=1S/C12H15N/c1-11-5-4-6-12(9-11)10-13-7-2-3-8-13/h2-6,9H,7-8,10H2,1H3. The average molecular weight is 173 g/mol. The van der Waals surface area contributed by atoms with E-state index in [1.54, 1.807) is 0 Å². The predicted molar refractivity (Wildman–Crippen MR) is 55.6 cm³/mol. The second-order valence-electron chi connectivity index (χ2n) is 3.65. The van der Waals surface area contributed by atoms with E-state index in [1.165, 1.54) is 11.1 Å². The zero-order valence-corrected chi connectivity index (χ0v) is 8.03. The highest BCUT2D eigenvalue weighted by molar-refractivity contribution is 5.22. The SMILES string of the molecule is Cc1cccc(CN2CC=CC2)c1. The lowest BCUT2D eigenvalue weighted by atomic mass is 10.1. The van der Waals surface area contributed by atoms with Crippen LogP contribution < -0.4 is 0 Å². The van der Waals surface area contributed by atoms with E-state index < -0.39 is 0 Å². The monoisotopic (exact) mass is 173 g/mol. The zero-order chi connectivity index (χ0) is 9.10. The first kappa shape index (κ1) is 8.52. The number of aryl methyl sites for hydroxylation is 1. The normalized spacial score (nSPS) is 16.7. The van der Waals surface area contributed by atoms with E-state index >= 15 is 0 Å². The molecule has 0 aromatic heterocycles. The van der Waals surface area contributed by atoms with Gasteiger partial charge in [-0.1, -0.05) is 42.0 Å². The molecule has 1 heterocycles. The molecule has 0 atom stereocenters. The molecule has 0 saturated carbocycles. The Morgan fingerprint density at radius 2 is 2.00 bits per heavy atom. The minimum atomic E-state index is 1.08. The molecule has 0 fully saturated rings. The molecule has 1 aromatic carbocycles. The first-order valence-electron chi connectivity index (χ1n) is 4.77. The topological polar surface area (TPSA) is 3.24 Å². The third-order valence-electron chi connectivity index (χ3n) is 2.38. The van der Waals surface area contributed by atoms with Crippen molar-refractivity contribution in [2.75, 3.05) is 13.1 Å². The highest BCUT2D eigenvalue weighted by Gasteiger charge is 2.06. The van der Waals surface area contributed by atoms with Crippen molar-refractivity contribution in [1.82, 2.24) is 4.90 Å². The average Bonchev–Trinajstić information content (AvgIpc) is 2.57. The summed E-state index contributed by atoms with van der Waals surface area (Å²) in [5.74, 6) is 0. The van der Waals surface area contributed by atoms with Gasteiger partial charge in [0.2, 0.25) is 0 Å². The minimum absolute atomic E-state index is 1.08. The van der Waals surface area contributed by atoms with Gasteiger partial charge in [-0.3, -0.25) is 4.90 Å². The summed E-state index contributed by atoms with van der Waals surface area (Å²) in [7, 11) is 0. The van der Waals surface area contributed by atoms with E-state index in [9.17, 15) is 0 Å². The number of hydrogen-bond donors (Lipinski definition) is 0. The molecule has 0 aliphatic carbocycles. The molecule has 1 aliphatic rings. The molecule has 13 heavy (non-hydrogen) atoms. The maximum Gasteiger partial charge on any atom is 0.0240 e. The summed E-state index contributed by atoms with van der Waals surface area (Å²) < 4.78 is 0. The molecule has 0 unspecified atom stereocenters. The number of rotatable bonds is 2. The Morgan fingerprint density at radius 1 is 1.23 bits per heavy atom. The van der Waals surface area contributed by atoms with Crippen LogP contribution in [0.15, 0.2) is 36.4 Å². The van der Waals surface area contributed by atoms with Crippen LogP contribution in [0.4, 0.5) is 0 Å². The first-order valence-corrected chi connectivity index (χ1v) is 4.77. The van der Waals surface area contributed by atoms with E-state index in [2.05, 4.69) is 48.2 Å². The van der Waals surface area contributed by atoms with Crippen molar-refractivity contribution in [3.63, 3.8) is 0 Å². The molecule has 68 valence electrons. The van der Waals surface area contributed by atoms with Gasteiger partial charge in [-0.15, -0.1) is 0 Å². The summed E-state index contributed by atoms with van der Waals surface area (Å²) in [5, 5.41) is 0. The van der Waals surface area contributed by atoms with Gasteiger partial charge in [0.1, 0.15) is 0 Å². The molecule has 1 aromatic rings. The number of hydrogen-bond acceptors (Lipinski definition) is 1. The van der Waals surface area contributed by atoms with Crippen molar-refractivity contribution >= 4 is 0 Å². The first-order chi connectivity index (χ1) is 6.34. The van der Waals surface area contributed by atoms with Crippen LogP contribution in [0.25, 0.3) is 0 Å². The number of benzene rings is 1. The van der Waals surface area contributed by atoms with Gasteiger partial charge in [-0.2, -0.15) is 0 Å². The Labute approximate surface area is 79.7 Å². The molecular weight excluding hydrogens is 158 g/mol. The van der Waals surface area contributed by atoms with Crippen LogP contribution in [0, 0.1) is 6.92 Å². The van der Waals surface area contributed by atoms with Gasteiger partial charge in [0.25, 0.3) is 0 Å². The van der Waals surface area contributed by atoms with Gasteiger partial charge in [-0.05, 0) is 12.5 Å². The summed E-state index contributed by atoms with van der Waals surface area (Å²) in [6.45, 7) is 5.43. The Balaban J connectivity index is 2.01. The highest BCUT2D eigenvalue weighted by atomic mass is 15.1. The van der Waals surface area contributed by atoms with Crippen LogP contribution in [-0.2, 0) is 6.54 Å². The Hall–Kier alpha value is -1.08. The molecule has 0 spiro atoms. The van der Waals surface area contributed by atoms with Gasteiger partial charge >= 0.3 is 0 Å². The third kappa shape index (κ3) is 2.19. The molecule has 0 radical (unpaired) electrons. The summed E-state index contributed by atoms with van der Waals surface area (Å²) >= 11 is 0. The van der Waals surface area contributed by atoms with Crippen molar-refractivity contribution in [3.8, 4) is 0 Å². The van der Waals surface area contributed by atoms with Gasteiger partial charge in [0, 0.05) is 19.6 Å². The van der Waals surface area contributed by atoms with Crippen molar-refractivity contribution in [2.45, 2.75) is 13.5 Å². The molecule has 0 amide bonds. The van der Waals surface area contributed by atoms with Gasteiger partial charge < -0.3 is 0 Å². The maximum absolute atomic E-state index is 2.43. The summed E-state index contributed by atoms with van der Waals surface area (Å²) in [5.41, 5.74) is 2.77. The number of nitrogens with zero attached hydrogens (tertiary/aromatic N) is 1. The van der Waals surface area contributed by atoms with Crippen molar-refractivity contribution < 1.29 is 0 Å². The molecule has 0 saturated heterocycles. The largest absolute Gasteiger partial charge is 0.292 e. The van der Waals surface area contributed by atoms with Crippen LogP contribution in [0.1, 0.15) is 11.1 Å². The summed E-state index contributed by atoms with van der Waals surface area (Å²) in [6.07, 6.45) is 4.46. The molecule has 1 aliphatic heterocycles. The van der Waals surface area contributed by atoms with Crippen LogP contribution in [0.2, 0.25) is 0 Å². The van der Waals surface area contributed by atoms with Gasteiger partial charge in [0.15, 0.2) is 0 Å². The van der Waals surface area contributed by atoms with Crippen molar-refractivity contribution in [3.05, 3.63) is 47.5 Å². The maximum atomic E-state index is 2.43. The summed E-state index contributed by atoms with van der Waals surface area (Å²) in [4.78, 5) is 2.43. The Kier molecular flexibility index (Phi) is 2.46. The van der Waals surface area contributed by atoms with Gasteiger partial charge in [-0.25, -0.2) is 0 Å². The van der Waals surface area contributed by atoms with Gasteiger partial charge in [0.05, 0.1) is 0 Å². The van der Waals surface area contributed by atoms with E-state index in [1.807, 2.05) is 0 Å². The molecule has 0 N–H and O–H groups in total. The summed E-state index contributed by atoms with van der Waals surface area (Å²) in [6, 6.07) is 8.74. The fraction of sp³-hybridized carbons (Fsp3) is 0.333. The second-order valence-corrected chi connectivity index (χ2v) is 3.65. The predicted octanol–water partition coefficient (Wildman–Crippen LogP) is 2.37. The van der Waals surface area contributed by atoms with Crippen molar-refractivity contribution in [2.24, 2.45) is 0 Å². The smallest absolute Gasteiger partial charge is 0.0240 e. The zero-order valence-electron chi connectivity index (χ0n) is 8.03. The van der Waals surface area contributed by atoms with Crippen LogP contribution in [0.5, 0.6) is 0 Å². The Bertz CT molecular complexity index is 307. The molecule has 1 heteroatoms. The van der Waals surface area contributed by atoms with E-state index in [4.69, 9.17) is 0 Å². The minimum Gasteiger partial charge on any atom is -0.292 e. The molecule has 0 bridgehead atoms. The molecule has 1 nitrogen and oxygen atoms in total. The Morgan fingerprint density at radius 3 is 2.69 bits per heavy atom. The second kappa shape index (κ2) is 3.75. The fourth-order valence-electron chi connectivity index (χ4n) is 1.72. The van der Waals surface area contributed by atoms with E-state index in [0.29, 0.717) is 0 Å².